The molecule has 0 radical (unpaired) electrons. The monoisotopic (exact) mass is 346 g/mol. The van der Waals surface area contributed by atoms with Crippen LogP contribution in [0.4, 0.5) is 0 Å². The van der Waals surface area contributed by atoms with Gasteiger partial charge in [0, 0.05) is 18.3 Å². The van der Waals surface area contributed by atoms with Crippen LogP contribution in [-0.4, -0.2) is 20.7 Å². The zero-order valence-corrected chi connectivity index (χ0v) is 15.1. The third kappa shape index (κ3) is 3.07. The van der Waals surface area contributed by atoms with Gasteiger partial charge in [0.05, 0.1) is 22.8 Å². The summed E-state index contributed by atoms with van der Waals surface area (Å²) in [5, 5.41) is 10.2. The standard InChI is InChI=1S/C16H18N4OS2/c1-9(12-8-17-20(4)11(12)3)18-15(21)14-10(2)19-16(23-14)13-6-5-7-22-13/h5-9H,1-4H3,(H,18,21). The van der Waals surface area contributed by atoms with Crippen LogP contribution in [-0.2, 0) is 7.05 Å². The largest absolute Gasteiger partial charge is 0.345 e. The minimum atomic E-state index is -0.0945. The number of amides is 1. The topological polar surface area (TPSA) is 59.8 Å². The van der Waals surface area contributed by atoms with E-state index >= 15 is 0 Å². The van der Waals surface area contributed by atoms with Crippen molar-refractivity contribution in [3.8, 4) is 9.88 Å². The summed E-state index contributed by atoms with van der Waals surface area (Å²) in [6.45, 7) is 5.85. The SMILES string of the molecule is Cc1nc(-c2cccs2)sc1C(=O)NC(C)c1cnn(C)c1C. The second-order valence-electron chi connectivity index (χ2n) is 5.41. The van der Waals surface area contributed by atoms with Crippen LogP contribution < -0.4 is 5.32 Å². The quantitative estimate of drug-likeness (QED) is 0.783. The normalized spacial score (nSPS) is 12.3. The highest BCUT2D eigenvalue weighted by Crippen LogP contribution is 2.31. The van der Waals surface area contributed by atoms with Crippen LogP contribution in [0.2, 0.25) is 0 Å². The highest BCUT2D eigenvalue weighted by molar-refractivity contribution is 7.22. The van der Waals surface area contributed by atoms with Gasteiger partial charge >= 0.3 is 0 Å². The first-order valence-corrected chi connectivity index (χ1v) is 8.97. The van der Waals surface area contributed by atoms with Gasteiger partial charge < -0.3 is 5.32 Å². The van der Waals surface area contributed by atoms with Crippen LogP contribution in [0.15, 0.2) is 23.7 Å². The number of thiazole rings is 1. The Labute approximate surface area is 143 Å². The molecule has 0 aromatic carbocycles. The number of aromatic nitrogens is 3. The molecule has 1 unspecified atom stereocenters. The van der Waals surface area contributed by atoms with Gasteiger partial charge in [-0.25, -0.2) is 4.98 Å². The van der Waals surface area contributed by atoms with Gasteiger partial charge in [-0.2, -0.15) is 5.10 Å². The zero-order chi connectivity index (χ0) is 16.6. The smallest absolute Gasteiger partial charge is 0.263 e. The van der Waals surface area contributed by atoms with Gasteiger partial charge in [0.15, 0.2) is 0 Å². The molecule has 23 heavy (non-hydrogen) atoms. The Morgan fingerprint density at radius 1 is 1.39 bits per heavy atom. The van der Waals surface area contributed by atoms with Crippen molar-refractivity contribution >= 4 is 28.6 Å². The predicted molar refractivity (Wildman–Crippen MR) is 94.0 cm³/mol. The van der Waals surface area contributed by atoms with Crippen molar-refractivity contribution in [2.24, 2.45) is 7.05 Å². The summed E-state index contributed by atoms with van der Waals surface area (Å²) >= 11 is 3.07. The van der Waals surface area contributed by atoms with E-state index in [1.807, 2.05) is 50.0 Å². The van der Waals surface area contributed by atoms with Gasteiger partial charge in [-0.05, 0) is 32.2 Å². The van der Waals surface area contributed by atoms with Crippen molar-refractivity contribution in [1.82, 2.24) is 20.1 Å². The van der Waals surface area contributed by atoms with Gasteiger partial charge in [0.25, 0.3) is 5.91 Å². The van der Waals surface area contributed by atoms with Gasteiger partial charge in [0.1, 0.15) is 9.88 Å². The molecular weight excluding hydrogens is 328 g/mol. The van der Waals surface area contributed by atoms with Crippen molar-refractivity contribution < 1.29 is 4.79 Å². The van der Waals surface area contributed by atoms with Crippen LogP contribution in [0.1, 0.15) is 39.6 Å². The minimum Gasteiger partial charge on any atom is -0.345 e. The molecule has 3 aromatic rings. The highest BCUT2D eigenvalue weighted by Gasteiger charge is 2.20. The van der Waals surface area contributed by atoms with Gasteiger partial charge in [-0.1, -0.05) is 6.07 Å². The van der Waals surface area contributed by atoms with E-state index in [2.05, 4.69) is 15.4 Å². The van der Waals surface area contributed by atoms with Gasteiger partial charge in [0.2, 0.25) is 0 Å². The number of aryl methyl sites for hydroxylation is 2. The van der Waals surface area contributed by atoms with E-state index in [9.17, 15) is 4.79 Å². The first kappa shape index (κ1) is 15.9. The summed E-state index contributed by atoms with van der Waals surface area (Å²) in [7, 11) is 1.90. The van der Waals surface area contributed by atoms with Crippen molar-refractivity contribution in [3.05, 3.63) is 45.5 Å². The maximum atomic E-state index is 12.6. The number of hydrogen-bond acceptors (Lipinski definition) is 5. The highest BCUT2D eigenvalue weighted by atomic mass is 32.1. The molecule has 3 rings (SSSR count). The van der Waals surface area contributed by atoms with Gasteiger partial charge in [-0.15, -0.1) is 22.7 Å². The summed E-state index contributed by atoms with van der Waals surface area (Å²) in [4.78, 5) is 18.9. The zero-order valence-electron chi connectivity index (χ0n) is 13.5. The van der Waals surface area contributed by atoms with E-state index in [1.165, 1.54) is 11.3 Å². The summed E-state index contributed by atoms with van der Waals surface area (Å²) < 4.78 is 1.81. The first-order valence-electron chi connectivity index (χ1n) is 7.28. The average molecular weight is 346 g/mol. The number of nitrogens with one attached hydrogen (secondary N) is 1. The van der Waals surface area contributed by atoms with E-state index in [-0.39, 0.29) is 11.9 Å². The maximum absolute atomic E-state index is 12.6. The van der Waals surface area contributed by atoms with Crippen LogP contribution in [0.3, 0.4) is 0 Å². The van der Waals surface area contributed by atoms with Crippen LogP contribution in [0, 0.1) is 13.8 Å². The Balaban J connectivity index is 1.80. The molecule has 0 aliphatic carbocycles. The molecule has 1 atom stereocenters. The Kier molecular flexibility index (Phi) is 4.32. The fourth-order valence-corrected chi connectivity index (χ4v) is 4.16. The van der Waals surface area contributed by atoms with Crippen LogP contribution >= 0.6 is 22.7 Å². The number of hydrogen-bond donors (Lipinski definition) is 1. The number of nitrogens with zero attached hydrogens (tertiary/aromatic N) is 3. The molecule has 0 saturated heterocycles. The van der Waals surface area contributed by atoms with Crippen molar-refractivity contribution in [3.63, 3.8) is 0 Å². The third-order valence-corrected chi connectivity index (χ3v) is 6.02. The Hall–Kier alpha value is -1.99. The summed E-state index contributed by atoms with van der Waals surface area (Å²) in [5.74, 6) is -0.0847. The van der Waals surface area contributed by atoms with E-state index in [1.54, 1.807) is 17.5 Å². The molecule has 3 heterocycles. The fourth-order valence-electron chi connectivity index (χ4n) is 2.39. The van der Waals surface area contributed by atoms with Crippen LogP contribution in [0.25, 0.3) is 9.88 Å². The molecule has 0 spiro atoms. The second kappa shape index (κ2) is 6.25. The minimum absolute atomic E-state index is 0.0847. The number of carbonyl (C=O) groups excluding carboxylic acids is 1. The summed E-state index contributed by atoms with van der Waals surface area (Å²) in [5.41, 5.74) is 2.85. The Bertz CT molecular complexity index is 833. The van der Waals surface area contributed by atoms with E-state index < -0.39 is 0 Å². The number of rotatable bonds is 4. The molecule has 0 bridgehead atoms. The third-order valence-electron chi connectivity index (χ3n) is 3.82. The molecule has 0 fully saturated rings. The molecule has 0 aliphatic rings. The summed E-state index contributed by atoms with van der Waals surface area (Å²) in [6, 6.07) is 3.92. The van der Waals surface area contributed by atoms with Crippen molar-refractivity contribution in [2.45, 2.75) is 26.8 Å². The number of carbonyl (C=O) groups is 1. The lowest BCUT2D eigenvalue weighted by atomic mass is 10.1. The Morgan fingerprint density at radius 2 is 2.17 bits per heavy atom. The molecule has 0 saturated carbocycles. The molecule has 7 heteroatoms. The predicted octanol–water partition coefficient (Wildman–Crippen LogP) is 3.71. The first-order chi connectivity index (χ1) is 11.0. The lowest BCUT2D eigenvalue weighted by Crippen LogP contribution is -2.26. The second-order valence-corrected chi connectivity index (χ2v) is 7.36. The molecule has 1 N–H and O–H groups in total. The van der Waals surface area contributed by atoms with Crippen LogP contribution in [0.5, 0.6) is 0 Å². The molecule has 120 valence electrons. The average Bonchev–Trinajstić information content (AvgIpc) is 3.21. The molecule has 0 aliphatic heterocycles. The van der Waals surface area contributed by atoms with E-state index in [0.29, 0.717) is 4.88 Å². The number of thiophene rings is 1. The fraction of sp³-hybridized carbons (Fsp3) is 0.312. The molecule has 3 aromatic heterocycles. The maximum Gasteiger partial charge on any atom is 0.263 e. The van der Waals surface area contributed by atoms with E-state index in [0.717, 1.165) is 26.8 Å². The van der Waals surface area contributed by atoms with Crippen molar-refractivity contribution in [1.29, 1.82) is 0 Å². The Morgan fingerprint density at radius 3 is 2.78 bits per heavy atom. The van der Waals surface area contributed by atoms with Gasteiger partial charge in [-0.3, -0.25) is 9.48 Å². The molecular formula is C16H18N4OS2. The lowest BCUT2D eigenvalue weighted by Gasteiger charge is -2.13. The molecule has 5 nitrogen and oxygen atoms in total. The van der Waals surface area contributed by atoms with Crippen molar-refractivity contribution in [2.75, 3.05) is 0 Å². The van der Waals surface area contributed by atoms with E-state index in [4.69, 9.17) is 0 Å². The summed E-state index contributed by atoms with van der Waals surface area (Å²) in [6.07, 6.45) is 1.80. The molecule has 1 amide bonds. The lowest BCUT2D eigenvalue weighted by molar-refractivity contribution is 0.0943.